The van der Waals surface area contributed by atoms with Crippen LogP contribution in [0.5, 0.6) is 0 Å². The number of amides is 2. The van der Waals surface area contributed by atoms with E-state index in [9.17, 15) is 14.4 Å². The Labute approximate surface area is 158 Å². The Morgan fingerprint density at radius 2 is 1.42 bits per heavy atom. The lowest BCUT2D eigenvalue weighted by atomic mass is 10.1. The van der Waals surface area contributed by atoms with Crippen molar-refractivity contribution in [2.45, 2.75) is 103 Å². The molecule has 26 heavy (non-hydrogen) atoms. The van der Waals surface area contributed by atoms with Gasteiger partial charge in [-0.3, -0.25) is 9.59 Å². The smallest absolute Gasteiger partial charge is 0.326 e. The second-order valence-electron chi connectivity index (χ2n) is 7.02. The van der Waals surface area contributed by atoms with Gasteiger partial charge in [0.2, 0.25) is 11.8 Å². The van der Waals surface area contributed by atoms with Gasteiger partial charge < -0.3 is 15.7 Å². The van der Waals surface area contributed by atoms with E-state index < -0.39 is 12.0 Å². The molecule has 1 atom stereocenters. The normalized spacial score (nSPS) is 11.8. The van der Waals surface area contributed by atoms with Gasteiger partial charge in [0.1, 0.15) is 6.04 Å². The first-order chi connectivity index (χ1) is 12.5. The predicted octanol–water partition coefficient (Wildman–Crippen LogP) is 3.78. The SMILES string of the molecule is CCCCCCCCCCCC(=O)NCCCC[C@H](NC(C)=O)C(=O)O. The van der Waals surface area contributed by atoms with Gasteiger partial charge in [0.05, 0.1) is 0 Å². The molecular weight excluding hydrogens is 332 g/mol. The molecule has 6 nitrogen and oxygen atoms in total. The minimum Gasteiger partial charge on any atom is -0.480 e. The fourth-order valence-corrected chi connectivity index (χ4v) is 2.89. The van der Waals surface area contributed by atoms with E-state index in [1.165, 1.54) is 51.9 Å². The van der Waals surface area contributed by atoms with Crippen LogP contribution in [-0.2, 0) is 14.4 Å². The molecule has 0 saturated heterocycles. The fourth-order valence-electron chi connectivity index (χ4n) is 2.89. The van der Waals surface area contributed by atoms with Gasteiger partial charge in [-0.05, 0) is 25.7 Å². The standard InChI is InChI=1S/C20H38N2O4/c1-3-4-5-6-7-8-9-10-11-15-19(24)21-16-13-12-14-18(20(25)26)22-17(2)23/h18H,3-16H2,1-2H3,(H,21,24)(H,22,23)(H,25,26)/t18-/m0/s1. The van der Waals surface area contributed by atoms with Gasteiger partial charge in [0.15, 0.2) is 0 Å². The molecule has 152 valence electrons. The second kappa shape index (κ2) is 16.9. The van der Waals surface area contributed by atoms with Gasteiger partial charge in [-0.2, -0.15) is 0 Å². The maximum Gasteiger partial charge on any atom is 0.326 e. The third-order valence-corrected chi connectivity index (χ3v) is 4.42. The fraction of sp³-hybridized carbons (Fsp3) is 0.850. The lowest BCUT2D eigenvalue weighted by Gasteiger charge is -2.13. The Balaban J connectivity index is 3.49. The molecule has 0 aliphatic rings. The Kier molecular flexibility index (Phi) is 15.8. The first-order valence-corrected chi connectivity index (χ1v) is 10.2. The summed E-state index contributed by atoms with van der Waals surface area (Å²) >= 11 is 0. The molecule has 0 aromatic rings. The third kappa shape index (κ3) is 15.9. The molecule has 0 unspecified atom stereocenters. The summed E-state index contributed by atoms with van der Waals surface area (Å²) in [7, 11) is 0. The van der Waals surface area contributed by atoms with E-state index in [1.807, 2.05) is 0 Å². The van der Waals surface area contributed by atoms with Crippen molar-refractivity contribution in [1.82, 2.24) is 10.6 Å². The van der Waals surface area contributed by atoms with Crippen molar-refractivity contribution in [3.05, 3.63) is 0 Å². The molecule has 0 aromatic carbocycles. The number of carbonyl (C=O) groups excluding carboxylic acids is 2. The van der Waals surface area contributed by atoms with E-state index in [-0.39, 0.29) is 11.8 Å². The zero-order valence-electron chi connectivity index (χ0n) is 16.6. The molecule has 0 aliphatic heterocycles. The van der Waals surface area contributed by atoms with Crippen LogP contribution in [-0.4, -0.2) is 35.5 Å². The van der Waals surface area contributed by atoms with Crippen LogP contribution in [0.25, 0.3) is 0 Å². The highest BCUT2D eigenvalue weighted by Crippen LogP contribution is 2.10. The number of hydrogen-bond acceptors (Lipinski definition) is 3. The van der Waals surface area contributed by atoms with E-state index in [2.05, 4.69) is 17.6 Å². The predicted molar refractivity (Wildman–Crippen MR) is 104 cm³/mol. The summed E-state index contributed by atoms with van der Waals surface area (Å²) in [5, 5.41) is 14.3. The maximum atomic E-state index is 11.7. The number of carboxylic acid groups (broad SMARTS) is 1. The van der Waals surface area contributed by atoms with Gasteiger partial charge in [0.25, 0.3) is 0 Å². The van der Waals surface area contributed by atoms with Crippen molar-refractivity contribution >= 4 is 17.8 Å². The van der Waals surface area contributed by atoms with Crippen molar-refractivity contribution < 1.29 is 19.5 Å². The Bertz CT molecular complexity index is 399. The molecule has 3 N–H and O–H groups in total. The zero-order chi connectivity index (χ0) is 19.6. The molecule has 0 aromatic heterocycles. The molecule has 2 amide bonds. The van der Waals surface area contributed by atoms with Gasteiger partial charge in [0, 0.05) is 19.9 Å². The van der Waals surface area contributed by atoms with Crippen LogP contribution in [0, 0.1) is 0 Å². The Morgan fingerprint density at radius 3 is 1.96 bits per heavy atom. The third-order valence-electron chi connectivity index (χ3n) is 4.42. The molecule has 0 spiro atoms. The average Bonchev–Trinajstić information content (AvgIpc) is 2.58. The van der Waals surface area contributed by atoms with Crippen LogP contribution >= 0.6 is 0 Å². The molecule has 0 bridgehead atoms. The zero-order valence-corrected chi connectivity index (χ0v) is 16.6. The van der Waals surface area contributed by atoms with Gasteiger partial charge in [-0.1, -0.05) is 58.3 Å². The van der Waals surface area contributed by atoms with E-state index in [1.54, 1.807) is 0 Å². The van der Waals surface area contributed by atoms with Crippen molar-refractivity contribution in [2.75, 3.05) is 6.54 Å². The van der Waals surface area contributed by atoms with Gasteiger partial charge in [-0.15, -0.1) is 0 Å². The van der Waals surface area contributed by atoms with Crippen LogP contribution in [0.2, 0.25) is 0 Å². The number of aliphatic carboxylic acids is 1. The summed E-state index contributed by atoms with van der Waals surface area (Å²) in [6, 6.07) is -0.842. The summed E-state index contributed by atoms with van der Waals surface area (Å²) in [5.74, 6) is -1.29. The quantitative estimate of drug-likeness (QED) is 0.340. The Morgan fingerprint density at radius 1 is 0.846 bits per heavy atom. The van der Waals surface area contributed by atoms with Crippen molar-refractivity contribution in [3.8, 4) is 0 Å². The number of rotatable bonds is 17. The number of nitrogens with one attached hydrogen (secondary N) is 2. The summed E-state index contributed by atoms with van der Waals surface area (Å²) < 4.78 is 0. The Hall–Kier alpha value is -1.59. The number of carboxylic acids is 1. The average molecular weight is 371 g/mol. The van der Waals surface area contributed by atoms with Crippen molar-refractivity contribution in [3.63, 3.8) is 0 Å². The molecule has 0 fully saturated rings. The van der Waals surface area contributed by atoms with Crippen molar-refractivity contribution in [2.24, 2.45) is 0 Å². The van der Waals surface area contributed by atoms with Crippen LogP contribution in [0.1, 0.15) is 97.3 Å². The van der Waals surface area contributed by atoms with E-state index in [0.29, 0.717) is 32.2 Å². The minimum absolute atomic E-state index is 0.0737. The summed E-state index contributed by atoms with van der Waals surface area (Å²) in [5.41, 5.74) is 0. The van der Waals surface area contributed by atoms with Crippen LogP contribution in [0.4, 0.5) is 0 Å². The molecule has 0 saturated carbocycles. The summed E-state index contributed by atoms with van der Waals surface area (Å²) in [6.45, 7) is 4.09. The highest BCUT2D eigenvalue weighted by molar-refractivity contribution is 5.82. The topological polar surface area (TPSA) is 95.5 Å². The number of unbranched alkanes of at least 4 members (excludes halogenated alkanes) is 9. The highest BCUT2D eigenvalue weighted by Gasteiger charge is 2.17. The maximum absolute atomic E-state index is 11.7. The molecule has 0 aliphatic carbocycles. The first-order valence-electron chi connectivity index (χ1n) is 10.2. The van der Waals surface area contributed by atoms with Crippen LogP contribution in [0.3, 0.4) is 0 Å². The monoisotopic (exact) mass is 370 g/mol. The molecule has 0 rings (SSSR count). The van der Waals surface area contributed by atoms with Gasteiger partial charge >= 0.3 is 5.97 Å². The van der Waals surface area contributed by atoms with Crippen molar-refractivity contribution in [1.29, 1.82) is 0 Å². The highest BCUT2D eigenvalue weighted by atomic mass is 16.4. The molecule has 0 heterocycles. The number of hydrogen-bond donors (Lipinski definition) is 3. The molecule has 0 radical (unpaired) electrons. The minimum atomic E-state index is -1.02. The van der Waals surface area contributed by atoms with Crippen LogP contribution in [0.15, 0.2) is 0 Å². The summed E-state index contributed by atoms with van der Waals surface area (Å²) in [6.07, 6.45) is 13.4. The lowest BCUT2D eigenvalue weighted by molar-refractivity contribution is -0.141. The first kappa shape index (κ1) is 24.4. The summed E-state index contributed by atoms with van der Waals surface area (Å²) in [4.78, 5) is 33.7. The van der Waals surface area contributed by atoms with E-state index in [0.717, 1.165) is 12.8 Å². The lowest BCUT2D eigenvalue weighted by Crippen LogP contribution is -2.39. The van der Waals surface area contributed by atoms with E-state index in [4.69, 9.17) is 5.11 Å². The molecular formula is C20H38N2O4. The number of carbonyl (C=O) groups is 3. The second-order valence-corrected chi connectivity index (χ2v) is 7.02. The van der Waals surface area contributed by atoms with Crippen LogP contribution < -0.4 is 10.6 Å². The van der Waals surface area contributed by atoms with Gasteiger partial charge in [-0.25, -0.2) is 4.79 Å². The van der Waals surface area contributed by atoms with E-state index >= 15 is 0 Å². The largest absolute Gasteiger partial charge is 0.480 e. The molecule has 6 heteroatoms.